The van der Waals surface area contributed by atoms with Crippen LogP contribution in [0.2, 0.25) is 0 Å². The molecule has 31 valence electrons. The first-order valence-electron chi connectivity index (χ1n) is 1.88. The highest BCUT2D eigenvalue weighted by Crippen LogP contribution is 1.82. The third-order valence-corrected chi connectivity index (χ3v) is 0.455. The quantitative estimate of drug-likeness (QED) is 0.346. The van der Waals surface area contributed by atoms with Crippen molar-refractivity contribution in [1.29, 1.82) is 0 Å². The van der Waals surface area contributed by atoms with E-state index in [0.29, 0.717) is 0 Å². The van der Waals surface area contributed by atoms with Crippen LogP contribution in [0.1, 0.15) is 12.8 Å². The second-order valence-electron chi connectivity index (χ2n) is 0.979. The first kappa shape index (κ1) is 5.30. The lowest BCUT2D eigenvalue weighted by atomic mass is 10.3. The molecule has 0 aromatic carbocycles. The Morgan fingerprint density at radius 2 is 2.33 bits per heavy atom. The summed E-state index contributed by atoms with van der Waals surface area (Å²) in [5.41, 5.74) is 0. The highest BCUT2D eigenvalue weighted by atomic mass is 13.7. The van der Waals surface area contributed by atoms with Gasteiger partial charge in [-0.1, -0.05) is 12.7 Å². The van der Waals surface area contributed by atoms with Gasteiger partial charge in [0.1, 0.15) is 0 Å². The summed E-state index contributed by atoms with van der Waals surface area (Å²) in [7, 11) is 0. The molecule has 6 heavy (non-hydrogen) atoms. The van der Waals surface area contributed by atoms with Crippen LogP contribution in [0.3, 0.4) is 0 Å². The van der Waals surface area contributed by atoms with Crippen LogP contribution in [0.15, 0.2) is 6.08 Å². The molecular formula is C6H7. The van der Waals surface area contributed by atoms with E-state index >= 15 is 0 Å². The van der Waals surface area contributed by atoms with Crippen molar-refractivity contribution in [3.8, 4) is 12.3 Å². The van der Waals surface area contributed by atoms with Gasteiger partial charge in [0, 0.05) is 6.42 Å². The van der Waals surface area contributed by atoms with Gasteiger partial charge in [0.05, 0.1) is 0 Å². The molecule has 0 rings (SSSR count). The van der Waals surface area contributed by atoms with E-state index in [2.05, 4.69) is 5.92 Å². The number of hydrogen-bond donors (Lipinski definition) is 0. The molecule has 0 bridgehead atoms. The second kappa shape index (κ2) is 4.30. The van der Waals surface area contributed by atoms with Crippen molar-refractivity contribution in [2.45, 2.75) is 12.8 Å². The van der Waals surface area contributed by atoms with Gasteiger partial charge < -0.3 is 0 Å². The summed E-state index contributed by atoms with van der Waals surface area (Å²) >= 11 is 0. The largest absolute Gasteiger partial charge is 0.120 e. The van der Waals surface area contributed by atoms with Gasteiger partial charge in [0.2, 0.25) is 0 Å². The van der Waals surface area contributed by atoms with Crippen LogP contribution in [0.4, 0.5) is 0 Å². The van der Waals surface area contributed by atoms with Crippen LogP contribution in [-0.2, 0) is 0 Å². The Hall–Kier alpha value is -0.700. The van der Waals surface area contributed by atoms with Gasteiger partial charge in [0.25, 0.3) is 0 Å². The zero-order chi connectivity index (χ0) is 4.83. The van der Waals surface area contributed by atoms with E-state index in [1.54, 1.807) is 6.08 Å². The van der Waals surface area contributed by atoms with Crippen molar-refractivity contribution in [3.05, 3.63) is 12.7 Å². The maximum Gasteiger partial charge on any atom is 0.0121 e. The smallest absolute Gasteiger partial charge is 0.0121 e. The average Bonchev–Trinajstić information content (AvgIpc) is 1.61. The lowest BCUT2D eigenvalue weighted by molar-refractivity contribution is 1.09. The predicted octanol–water partition coefficient (Wildman–Crippen LogP) is 1.39. The van der Waals surface area contributed by atoms with Crippen LogP contribution in [0, 0.1) is 18.9 Å². The minimum Gasteiger partial charge on any atom is -0.120 e. The van der Waals surface area contributed by atoms with E-state index in [1.165, 1.54) is 0 Å². The molecule has 1 radical (unpaired) electrons. The molecule has 0 unspecified atom stereocenters. The maximum atomic E-state index is 4.99. The SMILES string of the molecule is [CH]=CCCC#C. The van der Waals surface area contributed by atoms with E-state index in [4.69, 9.17) is 13.0 Å². The number of allylic oxidation sites excluding steroid dienone is 1. The molecule has 0 spiro atoms. The lowest BCUT2D eigenvalue weighted by Crippen LogP contribution is -1.57. The van der Waals surface area contributed by atoms with Crippen LogP contribution < -0.4 is 0 Å². The molecule has 0 saturated heterocycles. The molecule has 0 atom stereocenters. The van der Waals surface area contributed by atoms with Gasteiger partial charge in [-0.3, -0.25) is 0 Å². The Kier molecular flexibility index (Phi) is 3.80. The van der Waals surface area contributed by atoms with Crippen molar-refractivity contribution in [2.75, 3.05) is 0 Å². The molecule has 0 amide bonds. The van der Waals surface area contributed by atoms with E-state index in [1.807, 2.05) is 0 Å². The third kappa shape index (κ3) is 3.30. The van der Waals surface area contributed by atoms with Crippen molar-refractivity contribution >= 4 is 0 Å². The van der Waals surface area contributed by atoms with Gasteiger partial charge in [0.15, 0.2) is 0 Å². The summed E-state index contributed by atoms with van der Waals surface area (Å²) in [5, 5.41) is 0. The van der Waals surface area contributed by atoms with Crippen molar-refractivity contribution in [2.24, 2.45) is 0 Å². The molecular weight excluding hydrogens is 72.1 g/mol. The molecule has 0 heterocycles. The van der Waals surface area contributed by atoms with E-state index in [-0.39, 0.29) is 0 Å². The van der Waals surface area contributed by atoms with Gasteiger partial charge in [-0.2, -0.15) is 0 Å². The van der Waals surface area contributed by atoms with Crippen molar-refractivity contribution < 1.29 is 0 Å². The highest BCUT2D eigenvalue weighted by molar-refractivity contribution is 4.85. The summed E-state index contributed by atoms with van der Waals surface area (Å²) in [4.78, 5) is 0. The number of hydrogen-bond acceptors (Lipinski definition) is 0. The third-order valence-electron chi connectivity index (χ3n) is 0.455. The van der Waals surface area contributed by atoms with Gasteiger partial charge in [-0.05, 0) is 6.42 Å². The lowest BCUT2D eigenvalue weighted by Gasteiger charge is -1.73. The summed E-state index contributed by atoms with van der Waals surface area (Å²) in [6.45, 7) is 4.99. The van der Waals surface area contributed by atoms with E-state index < -0.39 is 0 Å². The van der Waals surface area contributed by atoms with Crippen LogP contribution in [0.5, 0.6) is 0 Å². The molecule has 0 aromatic heterocycles. The number of rotatable bonds is 2. The molecule has 0 aromatic rings. The zero-order valence-corrected chi connectivity index (χ0v) is 3.65. The fourth-order valence-corrected chi connectivity index (χ4v) is 0.167. The van der Waals surface area contributed by atoms with Gasteiger partial charge in [-0.15, -0.1) is 12.3 Å². The Morgan fingerprint density at radius 1 is 1.67 bits per heavy atom. The highest BCUT2D eigenvalue weighted by Gasteiger charge is 1.66. The molecule has 0 saturated carbocycles. The molecule has 0 N–H and O–H groups in total. The van der Waals surface area contributed by atoms with Gasteiger partial charge >= 0.3 is 0 Å². The normalized spacial score (nSPS) is 6.50. The van der Waals surface area contributed by atoms with Crippen molar-refractivity contribution in [1.82, 2.24) is 0 Å². The molecule has 0 fully saturated rings. The Balaban J connectivity index is 2.72. The fourth-order valence-electron chi connectivity index (χ4n) is 0.167. The zero-order valence-electron chi connectivity index (χ0n) is 3.65. The topological polar surface area (TPSA) is 0 Å². The van der Waals surface area contributed by atoms with Crippen molar-refractivity contribution in [3.63, 3.8) is 0 Å². The first-order chi connectivity index (χ1) is 2.91. The van der Waals surface area contributed by atoms with Crippen LogP contribution >= 0.6 is 0 Å². The Morgan fingerprint density at radius 3 is 2.50 bits per heavy atom. The monoisotopic (exact) mass is 79.1 g/mol. The molecule has 0 nitrogen and oxygen atoms in total. The number of unbranched alkanes of at least 4 members (excludes halogenated alkanes) is 1. The standard InChI is InChI=1S/C6H7/c1-3-5-6-4-2/h1-3H,5-6H2. The Labute approximate surface area is 38.9 Å². The number of terminal acetylenes is 1. The summed E-state index contributed by atoms with van der Waals surface area (Å²) < 4.78 is 0. The van der Waals surface area contributed by atoms with Gasteiger partial charge in [-0.25, -0.2) is 0 Å². The molecule has 0 aliphatic carbocycles. The van der Waals surface area contributed by atoms with E-state index in [0.717, 1.165) is 12.8 Å². The van der Waals surface area contributed by atoms with Crippen LogP contribution in [0.25, 0.3) is 0 Å². The predicted molar refractivity (Wildman–Crippen MR) is 26.9 cm³/mol. The maximum absolute atomic E-state index is 4.99. The average molecular weight is 79.1 g/mol. The second-order valence-corrected chi connectivity index (χ2v) is 0.979. The minimum absolute atomic E-state index is 0.760. The molecule has 0 aliphatic rings. The minimum atomic E-state index is 0.760. The Bertz CT molecular complexity index is 64.6. The summed E-state index contributed by atoms with van der Waals surface area (Å²) in [5.74, 6) is 2.46. The van der Waals surface area contributed by atoms with E-state index in [9.17, 15) is 0 Å². The molecule has 0 heteroatoms. The molecule has 0 aliphatic heterocycles. The van der Waals surface area contributed by atoms with Crippen LogP contribution in [-0.4, -0.2) is 0 Å². The summed E-state index contributed by atoms with van der Waals surface area (Å²) in [6.07, 6.45) is 8.05. The first-order valence-corrected chi connectivity index (χ1v) is 1.88. The fraction of sp³-hybridized carbons (Fsp3) is 0.333. The summed E-state index contributed by atoms with van der Waals surface area (Å²) in [6, 6.07) is 0.